The van der Waals surface area contributed by atoms with Gasteiger partial charge in [-0.05, 0) is 42.8 Å². The molecule has 2 N–H and O–H groups in total. The van der Waals surface area contributed by atoms with Gasteiger partial charge in [-0.25, -0.2) is 0 Å². The van der Waals surface area contributed by atoms with Crippen LogP contribution in [0.2, 0.25) is 0 Å². The van der Waals surface area contributed by atoms with Crippen molar-refractivity contribution in [2.24, 2.45) is 0 Å². The number of nitrogen functional groups attached to an aromatic ring is 1. The lowest BCUT2D eigenvalue weighted by atomic mass is 10.1. The summed E-state index contributed by atoms with van der Waals surface area (Å²) in [7, 11) is 3.70. The Hall–Kier alpha value is -2.16. The van der Waals surface area contributed by atoms with Gasteiger partial charge in [-0.15, -0.1) is 0 Å². The quantitative estimate of drug-likeness (QED) is 0.839. The highest BCUT2D eigenvalue weighted by atomic mass is 16.5. The zero-order valence-electron chi connectivity index (χ0n) is 11.0. The van der Waals surface area contributed by atoms with Gasteiger partial charge < -0.3 is 15.4 Å². The third-order valence-corrected chi connectivity index (χ3v) is 3.09. The number of anilines is 3. The predicted octanol–water partition coefficient (Wildman–Crippen LogP) is 3.35. The summed E-state index contributed by atoms with van der Waals surface area (Å²) in [5.74, 6) is 0.856. The molecule has 3 nitrogen and oxygen atoms in total. The molecule has 0 heterocycles. The predicted molar refractivity (Wildman–Crippen MR) is 76.6 cm³/mol. The van der Waals surface area contributed by atoms with E-state index in [4.69, 9.17) is 10.5 Å². The van der Waals surface area contributed by atoms with Crippen LogP contribution in [0.4, 0.5) is 17.1 Å². The summed E-state index contributed by atoms with van der Waals surface area (Å²) in [4.78, 5) is 2.09. The molecule has 2 rings (SSSR count). The number of hydrogen-bond donors (Lipinski definition) is 1. The van der Waals surface area contributed by atoms with E-state index >= 15 is 0 Å². The van der Waals surface area contributed by atoms with E-state index in [1.165, 1.54) is 0 Å². The van der Waals surface area contributed by atoms with E-state index in [1.807, 2.05) is 50.4 Å². The monoisotopic (exact) mass is 242 g/mol. The molecular formula is C15H18N2O. The smallest absolute Gasteiger partial charge is 0.142 e. The Morgan fingerprint density at radius 1 is 1.11 bits per heavy atom. The van der Waals surface area contributed by atoms with E-state index < -0.39 is 0 Å². The molecule has 0 atom stereocenters. The van der Waals surface area contributed by atoms with E-state index in [-0.39, 0.29) is 0 Å². The highest BCUT2D eigenvalue weighted by Crippen LogP contribution is 2.33. The molecule has 2 aromatic carbocycles. The number of benzene rings is 2. The van der Waals surface area contributed by atoms with Gasteiger partial charge in [0.25, 0.3) is 0 Å². The van der Waals surface area contributed by atoms with Gasteiger partial charge in [0.1, 0.15) is 5.75 Å². The topological polar surface area (TPSA) is 38.5 Å². The SMILES string of the molecule is COc1ccccc1N(C)c1ccc(N)c(C)c1. The van der Waals surface area contributed by atoms with Crippen LogP contribution >= 0.6 is 0 Å². The first-order valence-electron chi connectivity index (χ1n) is 5.86. The fraction of sp³-hybridized carbons (Fsp3) is 0.200. The van der Waals surface area contributed by atoms with Crippen molar-refractivity contribution in [3.63, 3.8) is 0 Å². The average molecular weight is 242 g/mol. The molecule has 0 aliphatic heterocycles. The molecule has 0 radical (unpaired) electrons. The Balaban J connectivity index is 2.41. The fourth-order valence-electron chi connectivity index (χ4n) is 1.91. The third kappa shape index (κ3) is 2.25. The van der Waals surface area contributed by atoms with Crippen LogP contribution in [0.5, 0.6) is 5.75 Å². The number of rotatable bonds is 3. The molecule has 0 unspecified atom stereocenters. The minimum absolute atomic E-state index is 0.812. The Bertz CT molecular complexity index is 552. The maximum absolute atomic E-state index is 5.84. The van der Waals surface area contributed by atoms with Crippen molar-refractivity contribution in [2.45, 2.75) is 6.92 Å². The molecule has 3 heteroatoms. The molecule has 0 amide bonds. The number of aryl methyl sites for hydroxylation is 1. The van der Waals surface area contributed by atoms with Crippen LogP contribution in [0.3, 0.4) is 0 Å². The Morgan fingerprint density at radius 2 is 1.83 bits per heavy atom. The summed E-state index contributed by atoms with van der Waals surface area (Å²) in [5.41, 5.74) is 9.85. The van der Waals surface area contributed by atoms with Crippen molar-refractivity contribution >= 4 is 17.1 Å². The van der Waals surface area contributed by atoms with Gasteiger partial charge in [0.2, 0.25) is 0 Å². The van der Waals surface area contributed by atoms with Crippen molar-refractivity contribution in [2.75, 3.05) is 24.8 Å². The number of methoxy groups -OCH3 is 1. The lowest BCUT2D eigenvalue weighted by Gasteiger charge is -2.22. The van der Waals surface area contributed by atoms with Crippen molar-refractivity contribution in [1.29, 1.82) is 0 Å². The molecule has 0 aromatic heterocycles. The van der Waals surface area contributed by atoms with Crippen LogP contribution in [0.1, 0.15) is 5.56 Å². The van der Waals surface area contributed by atoms with Crippen LogP contribution in [-0.2, 0) is 0 Å². The van der Waals surface area contributed by atoms with Crippen molar-refractivity contribution in [3.05, 3.63) is 48.0 Å². The summed E-state index contributed by atoms with van der Waals surface area (Å²) in [6.45, 7) is 2.01. The Kier molecular flexibility index (Phi) is 3.42. The Morgan fingerprint density at radius 3 is 2.50 bits per heavy atom. The summed E-state index contributed by atoms with van der Waals surface area (Å²) >= 11 is 0. The molecule has 2 aromatic rings. The van der Waals surface area contributed by atoms with Crippen LogP contribution < -0.4 is 15.4 Å². The summed E-state index contributed by atoms with van der Waals surface area (Å²) < 4.78 is 5.38. The second-order valence-corrected chi connectivity index (χ2v) is 4.27. The second-order valence-electron chi connectivity index (χ2n) is 4.27. The minimum atomic E-state index is 0.812. The summed E-state index contributed by atoms with van der Waals surface area (Å²) in [6.07, 6.45) is 0. The van der Waals surface area contributed by atoms with Crippen molar-refractivity contribution in [1.82, 2.24) is 0 Å². The molecule has 0 saturated carbocycles. The van der Waals surface area contributed by atoms with Gasteiger partial charge in [-0.2, -0.15) is 0 Å². The van der Waals surface area contributed by atoms with Crippen LogP contribution in [0, 0.1) is 6.92 Å². The molecule has 18 heavy (non-hydrogen) atoms. The number of hydrogen-bond acceptors (Lipinski definition) is 3. The van der Waals surface area contributed by atoms with Crippen LogP contribution in [0.25, 0.3) is 0 Å². The van der Waals surface area contributed by atoms with Gasteiger partial charge in [0.05, 0.1) is 12.8 Å². The fourth-order valence-corrected chi connectivity index (χ4v) is 1.91. The molecule has 0 bridgehead atoms. The molecule has 0 spiro atoms. The lowest BCUT2D eigenvalue weighted by Crippen LogP contribution is -2.11. The number of para-hydroxylation sites is 2. The highest BCUT2D eigenvalue weighted by molar-refractivity contribution is 5.70. The van der Waals surface area contributed by atoms with E-state index in [0.29, 0.717) is 0 Å². The van der Waals surface area contributed by atoms with Gasteiger partial charge in [-0.3, -0.25) is 0 Å². The van der Waals surface area contributed by atoms with Crippen LogP contribution in [0.15, 0.2) is 42.5 Å². The first-order chi connectivity index (χ1) is 8.63. The second kappa shape index (κ2) is 5.00. The number of nitrogens with zero attached hydrogens (tertiary/aromatic N) is 1. The molecule has 0 saturated heterocycles. The average Bonchev–Trinajstić information content (AvgIpc) is 2.41. The standard InChI is InChI=1S/C15H18N2O/c1-11-10-12(8-9-13(11)16)17(2)14-6-4-5-7-15(14)18-3/h4-10H,16H2,1-3H3. The first kappa shape index (κ1) is 12.3. The maximum atomic E-state index is 5.84. The lowest BCUT2D eigenvalue weighted by molar-refractivity contribution is 0.415. The molecule has 0 fully saturated rings. The summed E-state index contributed by atoms with van der Waals surface area (Å²) in [5, 5.41) is 0. The van der Waals surface area contributed by atoms with E-state index in [9.17, 15) is 0 Å². The van der Waals surface area contributed by atoms with Gasteiger partial charge >= 0.3 is 0 Å². The van der Waals surface area contributed by atoms with Gasteiger partial charge in [-0.1, -0.05) is 12.1 Å². The number of nitrogens with two attached hydrogens (primary N) is 1. The van der Waals surface area contributed by atoms with Crippen LogP contribution in [-0.4, -0.2) is 14.2 Å². The molecule has 0 aliphatic rings. The van der Waals surface area contributed by atoms with Crippen molar-refractivity contribution in [3.8, 4) is 5.75 Å². The van der Waals surface area contributed by atoms with E-state index in [2.05, 4.69) is 11.0 Å². The number of ether oxygens (including phenoxy) is 1. The first-order valence-corrected chi connectivity index (χ1v) is 5.86. The van der Waals surface area contributed by atoms with Crippen molar-refractivity contribution < 1.29 is 4.74 Å². The highest BCUT2D eigenvalue weighted by Gasteiger charge is 2.09. The third-order valence-electron chi connectivity index (χ3n) is 3.09. The van der Waals surface area contributed by atoms with E-state index in [1.54, 1.807) is 7.11 Å². The summed E-state index contributed by atoms with van der Waals surface area (Å²) in [6, 6.07) is 14.0. The molecular weight excluding hydrogens is 224 g/mol. The van der Waals surface area contributed by atoms with E-state index in [0.717, 1.165) is 28.4 Å². The largest absolute Gasteiger partial charge is 0.495 e. The molecule has 0 aliphatic carbocycles. The van der Waals surface area contributed by atoms with Gasteiger partial charge in [0, 0.05) is 18.4 Å². The van der Waals surface area contributed by atoms with Gasteiger partial charge in [0.15, 0.2) is 0 Å². The zero-order valence-corrected chi connectivity index (χ0v) is 11.0. The normalized spacial score (nSPS) is 10.2. The Labute approximate surface area is 108 Å². The molecule has 94 valence electrons. The minimum Gasteiger partial charge on any atom is -0.495 e. The maximum Gasteiger partial charge on any atom is 0.142 e. The zero-order chi connectivity index (χ0) is 13.1.